The fourth-order valence-corrected chi connectivity index (χ4v) is 2.78. The van der Waals surface area contributed by atoms with E-state index in [0.717, 1.165) is 12.1 Å². The monoisotopic (exact) mass is 344 g/mol. The maximum Gasteiger partial charge on any atom is 0.243 e. The molecular weight excluding hydrogens is 329 g/mol. The Balaban J connectivity index is 2.09. The van der Waals surface area contributed by atoms with E-state index < -0.39 is 17.5 Å². The minimum absolute atomic E-state index is 0.172. The number of carbonyl (C=O) groups excluding carboxylic acids is 1. The van der Waals surface area contributed by atoms with Crippen LogP contribution in [0.1, 0.15) is 5.56 Å². The first kappa shape index (κ1) is 16.8. The molecule has 3 nitrogen and oxygen atoms in total. The third-order valence-corrected chi connectivity index (χ3v) is 3.92. The standard InChI is InChI=1S/C19H15F3N2O/c1-2-17(25)23-8-7-14-15-9-13(21)10-16(22)19(15)24-18(14)11-3-5-12(20)6-4-11/h2-6,9-10,24H,1,7-8H2,(H,23,25). The molecule has 25 heavy (non-hydrogen) atoms. The molecule has 0 fully saturated rings. The zero-order valence-electron chi connectivity index (χ0n) is 13.2. The van der Waals surface area contributed by atoms with E-state index in [4.69, 9.17) is 0 Å². The van der Waals surface area contributed by atoms with Gasteiger partial charge >= 0.3 is 0 Å². The first-order chi connectivity index (χ1) is 12.0. The number of H-pyrrole nitrogens is 1. The largest absolute Gasteiger partial charge is 0.352 e. The Kier molecular flexibility index (Phi) is 4.61. The van der Waals surface area contributed by atoms with Crippen molar-refractivity contribution in [3.63, 3.8) is 0 Å². The molecular formula is C19H15F3N2O. The lowest BCUT2D eigenvalue weighted by molar-refractivity contribution is -0.116. The summed E-state index contributed by atoms with van der Waals surface area (Å²) in [7, 11) is 0. The second-order valence-corrected chi connectivity index (χ2v) is 5.54. The Morgan fingerprint density at radius 3 is 2.52 bits per heavy atom. The van der Waals surface area contributed by atoms with Gasteiger partial charge in [0.2, 0.25) is 5.91 Å². The van der Waals surface area contributed by atoms with Gasteiger partial charge in [-0.25, -0.2) is 13.2 Å². The minimum atomic E-state index is -0.709. The van der Waals surface area contributed by atoms with Gasteiger partial charge in [-0.15, -0.1) is 0 Å². The third kappa shape index (κ3) is 3.42. The summed E-state index contributed by atoms with van der Waals surface area (Å²) in [4.78, 5) is 14.3. The fraction of sp³-hybridized carbons (Fsp3) is 0.105. The topological polar surface area (TPSA) is 44.9 Å². The molecule has 0 spiro atoms. The van der Waals surface area contributed by atoms with Gasteiger partial charge in [0.15, 0.2) is 0 Å². The SMILES string of the molecule is C=CC(=O)NCCc1c(-c2ccc(F)cc2)[nH]c2c(F)cc(F)cc12. The maximum atomic E-state index is 14.1. The number of nitrogens with one attached hydrogen (secondary N) is 2. The summed E-state index contributed by atoms with van der Waals surface area (Å²) in [5.41, 5.74) is 2.02. The zero-order chi connectivity index (χ0) is 18.0. The molecule has 0 saturated carbocycles. The Bertz CT molecular complexity index is 945. The van der Waals surface area contributed by atoms with Gasteiger partial charge in [0.1, 0.15) is 17.5 Å². The molecule has 1 aromatic heterocycles. The predicted molar refractivity (Wildman–Crippen MR) is 90.5 cm³/mol. The average Bonchev–Trinajstić information content (AvgIpc) is 2.94. The van der Waals surface area contributed by atoms with Crippen LogP contribution in [0.4, 0.5) is 13.2 Å². The van der Waals surface area contributed by atoms with Crippen molar-refractivity contribution in [1.29, 1.82) is 0 Å². The van der Waals surface area contributed by atoms with E-state index in [1.165, 1.54) is 18.2 Å². The van der Waals surface area contributed by atoms with Crippen LogP contribution in [0.2, 0.25) is 0 Å². The summed E-state index contributed by atoms with van der Waals surface area (Å²) in [5, 5.41) is 3.03. The number of aromatic nitrogens is 1. The molecule has 0 saturated heterocycles. The van der Waals surface area contributed by atoms with Gasteiger partial charge in [0.05, 0.1) is 5.52 Å². The Morgan fingerprint density at radius 2 is 1.84 bits per heavy atom. The highest BCUT2D eigenvalue weighted by atomic mass is 19.1. The molecule has 1 heterocycles. The molecule has 0 aliphatic carbocycles. The zero-order valence-corrected chi connectivity index (χ0v) is 13.2. The Morgan fingerprint density at radius 1 is 1.12 bits per heavy atom. The van der Waals surface area contributed by atoms with Crippen molar-refractivity contribution in [2.75, 3.05) is 6.54 Å². The van der Waals surface area contributed by atoms with E-state index in [9.17, 15) is 18.0 Å². The number of halogens is 3. The lowest BCUT2D eigenvalue weighted by Gasteiger charge is -2.06. The van der Waals surface area contributed by atoms with Crippen molar-refractivity contribution < 1.29 is 18.0 Å². The molecule has 3 rings (SSSR count). The highest BCUT2D eigenvalue weighted by molar-refractivity contribution is 5.91. The Labute approximate surface area is 142 Å². The van der Waals surface area contributed by atoms with E-state index in [0.29, 0.717) is 28.6 Å². The fourth-order valence-electron chi connectivity index (χ4n) is 2.78. The van der Waals surface area contributed by atoms with E-state index in [2.05, 4.69) is 16.9 Å². The summed E-state index contributed by atoms with van der Waals surface area (Å²) in [5.74, 6) is -2.12. The van der Waals surface area contributed by atoms with E-state index in [1.807, 2.05) is 0 Å². The first-order valence-electron chi connectivity index (χ1n) is 7.65. The van der Waals surface area contributed by atoms with Gasteiger partial charge in [-0.3, -0.25) is 4.79 Å². The molecule has 0 aliphatic heterocycles. The second kappa shape index (κ2) is 6.84. The van der Waals surface area contributed by atoms with Crippen molar-refractivity contribution in [3.05, 3.63) is 72.1 Å². The number of fused-ring (bicyclic) bond motifs is 1. The van der Waals surface area contributed by atoms with Gasteiger partial charge in [-0.1, -0.05) is 6.58 Å². The van der Waals surface area contributed by atoms with Crippen molar-refractivity contribution in [1.82, 2.24) is 10.3 Å². The van der Waals surface area contributed by atoms with Gasteiger partial charge in [-0.05, 0) is 54.0 Å². The minimum Gasteiger partial charge on any atom is -0.352 e. The maximum absolute atomic E-state index is 14.1. The summed E-state index contributed by atoms with van der Waals surface area (Å²) in [6, 6.07) is 7.74. The molecule has 128 valence electrons. The lowest BCUT2D eigenvalue weighted by Crippen LogP contribution is -2.23. The van der Waals surface area contributed by atoms with E-state index in [1.54, 1.807) is 12.1 Å². The van der Waals surface area contributed by atoms with Crippen molar-refractivity contribution in [3.8, 4) is 11.3 Å². The van der Waals surface area contributed by atoms with Crippen molar-refractivity contribution >= 4 is 16.8 Å². The molecule has 2 N–H and O–H groups in total. The van der Waals surface area contributed by atoms with Crippen LogP contribution in [0.15, 0.2) is 49.1 Å². The van der Waals surface area contributed by atoms with Gasteiger partial charge < -0.3 is 10.3 Å². The number of amides is 1. The molecule has 0 radical (unpaired) electrons. The lowest BCUT2D eigenvalue weighted by atomic mass is 10.0. The van der Waals surface area contributed by atoms with E-state index in [-0.39, 0.29) is 18.0 Å². The second-order valence-electron chi connectivity index (χ2n) is 5.54. The normalized spacial score (nSPS) is 10.8. The molecule has 6 heteroatoms. The third-order valence-electron chi connectivity index (χ3n) is 3.92. The summed E-state index contributed by atoms with van der Waals surface area (Å²) >= 11 is 0. The van der Waals surface area contributed by atoms with Crippen molar-refractivity contribution in [2.45, 2.75) is 6.42 Å². The molecule has 3 aromatic rings. The van der Waals surface area contributed by atoms with Crippen LogP contribution >= 0.6 is 0 Å². The first-order valence-corrected chi connectivity index (χ1v) is 7.65. The van der Waals surface area contributed by atoms with Crippen LogP contribution in [-0.4, -0.2) is 17.4 Å². The molecule has 0 atom stereocenters. The van der Waals surface area contributed by atoms with Crippen LogP contribution in [0.25, 0.3) is 22.2 Å². The molecule has 2 aromatic carbocycles. The molecule has 1 amide bonds. The van der Waals surface area contributed by atoms with Crippen LogP contribution in [0.3, 0.4) is 0 Å². The average molecular weight is 344 g/mol. The predicted octanol–water partition coefficient (Wildman–Crippen LogP) is 4.10. The highest BCUT2D eigenvalue weighted by Crippen LogP contribution is 2.32. The van der Waals surface area contributed by atoms with Gasteiger partial charge in [-0.2, -0.15) is 0 Å². The van der Waals surface area contributed by atoms with Crippen LogP contribution in [-0.2, 0) is 11.2 Å². The summed E-state index contributed by atoms with van der Waals surface area (Å²) in [6.45, 7) is 3.64. The van der Waals surface area contributed by atoms with Crippen LogP contribution < -0.4 is 5.32 Å². The number of carbonyl (C=O) groups is 1. The molecule has 0 aliphatic rings. The number of hydrogen-bond donors (Lipinski definition) is 2. The molecule has 0 unspecified atom stereocenters. The number of benzene rings is 2. The van der Waals surface area contributed by atoms with Crippen LogP contribution in [0, 0.1) is 17.5 Å². The van der Waals surface area contributed by atoms with Gasteiger partial charge in [0.25, 0.3) is 0 Å². The van der Waals surface area contributed by atoms with Crippen LogP contribution in [0.5, 0.6) is 0 Å². The van der Waals surface area contributed by atoms with Gasteiger partial charge in [0, 0.05) is 23.7 Å². The molecule has 0 bridgehead atoms. The Hall–Kier alpha value is -3.02. The number of hydrogen-bond acceptors (Lipinski definition) is 1. The smallest absolute Gasteiger partial charge is 0.243 e. The summed E-state index contributed by atoms with van der Waals surface area (Å²) < 4.78 is 40.9. The number of rotatable bonds is 5. The quantitative estimate of drug-likeness (QED) is 0.673. The van der Waals surface area contributed by atoms with Crippen molar-refractivity contribution in [2.24, 2.45) is 0 Å². The van der Waals surface area contributed by atoms with E-state index >= 15 is 0 Å². The summed E-state index contributed by atoms with van der Waals surface area (Å²) in [6.07, 6.45) is 1.49. The number of aromatic amines is 1. The highest BCUT2D eigenvalue weighted by Gasteiger charge is 2.17.